The van der Waals surface area contributed by atoms with Crippen LogP contribution in [0.25, 0.3) is 11.1 Å². The van der Waals surface area contributed by atoms with E-state index in [1.54, 1.807) is 0 Å². The molecule has 1 aliphatic carbocycles. The summed E-state index contributed by atoms with van der Waals surface area (Å²) in [6.45, 7) is 0. The van der Waals surface area contributed by atoms with Gasteiger partial charge in [-0.25, -0.2) is 0 Å². The van der Waals surface area contributed by atoms with Gasteiger partial charge in [-0.2, -0.15) is 0 Å². The molecule has 0 nitrogen and oxygen atoms in total. The molecule has 0 radical (unpaired) electrons. The van der Waals surface area contributed by atoms with Crippen molar-refractivity contribution in [2.75, 3.05) is 0 Å². The summed E-state index contributed by atoms with van der Waals surface area (Å²) in [7, 11) is 0. The van der Waals surface area contributed by atoms with Crippen molar-refractivity contribution in [1.82, 2.24) is 0 Å². The van der Waals surface area contributed by atoms with Crippen LogP contribution in [0.5, 0.6) is 0 Å². The molecule has 4 aromatic carbocycles. The van der Waals surface area contributed by atoms with Crippen molar-refractivity contribution in [3.8, 4) is 11.1 Å². The summed E-state index contributed by atoms with van der Waals surface area (Å²) in [6.07, 6.45) is 1.95. The molecule has 0 N–H and O–H groups in total. The van der Waals surface area contributed by atoms with Crippen molar-refractivity contribution in [3.05, 3.63) is 128 Å². The van der Waals surface area contributed by atoms with Gasteiger partial charge in [0.15, 0.2) is 0 Å². The summed E-state index contributed by atoms with van der Waals surface area (Å²) >= 11 is 7.23. The van der Waals surface area contributed by atoms with Crippen molar-refractivity contribution in [3.63, 3.8) is 0 Å². The molecule has 2 heteroatoms. The molecule has 0 fully saturated rings. The van der Waals surface area contributed by atoms with Crippen LogP contribution < -0.4 is 0 Å². The highest BCUT2D eigenvalue weighted by Gasteiger charge is 2.38. The molecule has 0 atom stereocenters. The van der Waals surface area contributed by atoms with E-state index in [2.05, 4.69) is 129 Å². The Bertz CT molecular complexity index is 1060. The largest absolute Gasteiger partial charge is 0.0620 e. The minimum Gasteiger partial charge on any atom is -0.0620 e. The zero-order chi connectivity index (χ0) is 19.8. The van der Waals surface area contributed by atoms with Gasteiger partial charge in [0.25, 0.3) is 0 Å². The van der Waals surface area contributed by atoms with E-state index < -0.39 is 0 Å². The maximum absolute atomic E-state index is 3.61. The Morgan fingerprint density at radius 3 is 1.28 bits per heavy atom. The summed E-state index contributed by atoms with van der Waals surface area (Å²) in [4.78, 5) is 0. The van der Waals surface area contributed by atoms with Crippen LogP contribution in [0.3, 0.4) is 0 Å². The van der Waals surface area contributed by atoms with Crippen LogP contribution in [-0.2, 0) is 18.3 Å². The highest BCUT2D eigenvalue weighted by molar-refractivity contribution is 9.10. The first kappa shape index (κ1) is 18.8. The van der Waals surface area contributed by atoms with Gasteiger partial charge in [0.2, 0.25) is 0 Å². The van der Waals surface area contributed by atoms with Crippen LogP contribution in [0.1, 0.15) is 22.3 Å². The Hall–Kier alpha value is -2.16. The third-order valence-corrected chi connectivity index (χ3v) is 7.16. The molecule has 5 rings (SSSR count). The van der Waals surface area contributed by atoms with Gasteiger partial charge in [-0.15, -0.1) is 0 Å². The fourth-order valence-corrected chi connectivity index (χ4v) is 5.23. The first-order valence-electron chi connectivity index (χ1n) is 9.84. The lowest BCUT2D eigenvalue weighted by Crippen LogP contribution is -2.32. The highest BCUT2D eigenvalue weighted by atomic mass is 79.9. The minimum absolute atomic E-state index is 0.121. The summed E-state index contributed by atoms with van der Waals surface area (Å²) in [5.74, 6) is 0. The molecule has 0 heterocycles. The number of hydrogen-bond donors (Lipinski definition) is 0. The number of hydrogen-bond acceptors (Lipinski definition) is 0. The normalized spacial score (nSPS) is 14.6. The Morgan fingerprint density at radius 2 is 0.862 bits per heavy atom. The third kappa shape index (κ3) is 3.39. The molecule has 0 saturated heterocycles. The fourth-order valence-electron chi connectivity index (χ4n) is 4.70. The maximum Gasteiger partial charge on any atom is 0.0283 e. The second-order valence-electron chi connectivity index (χ2n) is 7.76. The quantitative estimate of drug-likeness (QED) is 0.260. The summed E-state index contributed by atoms with van der Waals surface area (Å²) in [5.41, 5.74) is 8.12. The Balaban J connectivity index is 1.81. The number of benzene rings is 4. The van der Waals surface area contributed by atoms with E-state index in [-0.39, 0.29) is 5.41 Å². The van der Waals surface area contributed by atoms with E-state index >= 15 is 0 Å². The number of halogens is 2. The SMILES string of the molecule is Brc1ccc(C2(c3ccc(Br)cc3)Cc3ccccc3-c3ccccc3C2)cc1. The first-order valence-corrected chi connectivity index (χ1v) is 11.4. The molecule has 142 valence electrons. The van der Waals surface area contributed by atoms with E-state index in [0.717, 1.165) is 21.8 Å². The molecule has 0 aromatic heterocycles. The molecular weight excluding hydrogens is 484 g/mol. The molecule has 0 amide bonds. The molecule has 0 aliphatic heterocycles. The second kappa shape index (κ2) is 7.59. The van der Waals surface area contributed by atoms with Gasteiger partial charge in [-0.3, -0.25) is 0 Å². The van der Waals surface area contributed by atoms with Crippen molar-refractivity contribution >= 4 is 31.9 Å². The maximum atomic E-state index is 3.61. The Labute approximate surface area is 188 Å². The monoisotopic (exact) mass is 502 g/mol. The summed E-state index contributed by atoms with van der Waals surface area (Å²) in [5, 5.41) is 0. The highest BCUT2D eigenvalue weighted by Crippen LogP contribution is 2.45. The lowest BCUT2D eigenvalue weighted by Gasteiger charge is -2.35. The van der Waals surface area contributed by atoms with Crippen LogP contribution in [0.2, 0.25) is 0 Å². The average Bonchev–Trinajstić information content (AvgIpc) is 2.90. The zero-order valence-corrected chi connectivity index (χ0v) is 19.1. The smallest absolute Gasteiger partial charge is 0.0283 e. The molecule has 0 spiro atoms. The predicted molar refractivity (Wildman–Crippen MR) is 128 cm³/mol. The number of rotatable bonds is 2. The van der Waals surface area contributed by atoms with Gasteiger partial charge in [-0.1, -0.05) is 105 Å². The summed E-state index contributed by atoms with van der Waals surface area (Å²) < 4.78 is 2.23. The molecule has 4 aromatic rings. The van der Waals surface area contributed by atoms with Crippen molar-refractivity contribution < 1.29 is 0 Å². The van der Waals surface area contributed by atoms with Gasteiger partial charge in [-0.05, 0) is 70.5 Å². The van der Waals surface area contributed by atoms with Crippen LogP contribution in [0.4, 0.5) is 0 Å². The Kier molecular flexibility index (Phi) is 4.93. The van der Waals surface area contributed by atoms with Crippen LogP contribution in [0, 0.1) is 0 Å². The second-order valence-corrected chi connectivity index (χ2v) is 9.60. The van der Waals surface area contributed by atoms with Gasteiger partial charge in [0.1, 0.15) is 0 Å². The van der Waals surface area contributed by atoms with E-state index in [9.17, 15) is 0 Å². The van der Waals surface area contributed by atoms with Crippen LogP contribution in [-0.4, -0.2) is 0 Å². The predicted octanol–water partition coefficient (Wildman–Crippen LogP) is 7.96. The molecule has 0 unspecified atom stereocenters. The third-order valence-electron chi connectivity index (χ3n) is 6.10. The van der Waals surface area contributed by atoms with E-state index in [4.69, 9.17) is 0 Å². The molecule has 0 bridgehead atoms. The molecule has 0 saturated carbocycles. The van der Waals surface area contributed by atoms with Crippen molar-refractivity contribution in [2.45, 2.75) is 18.3 Å². The van der Waals surface area contributed by atoms with Crippen molar-refractivity contribution in [1.29, 1.82) is 0 Å². The lowest BCUT2D eigenvalue weighted by atomic mass is 9.68. The van der Waals surface area contributed by atoms with Gasteiger partial charge in [0, 0.05) is 14.4 Å². The fraction of sp³-hybridized carbons (Fsp3) is 0.111. The first-order chi connectivity index (χ1) is 14.2. The van der Waals surface area contributed by atoms with E-state index in [1.807, 2.05) is 0 Å². The van der Waals surface area contributed by atoms with Crippen LogP contribution in [0.15, 0.2) is 106 Å². The standard InChI is InChI=1S/C27H20Br2/c28-23-13-9-21(10-14-23)27(22-11-15-24(29)16-12-22)17-19-5-1-3-7-25(19)26-8-4-2-6-20(26)18-27/h1-16H,17-18H2. The van der Waals surface area contributed by atoms with E-state index in [0.29, 0.717) is 0 Å². The van der Waals surface area contributed by atoms with Gasteiger partial charge >= 0.3 is 0 Å². The topological polar surface area (TPSA) is 0 Å². The van der Waals surface area contributed by atoms with E-state index in [1.165, 1.54) is 33.4 Å². The molecule has 29 heavy (non-hydrogen) atoms. The van der Waals surface area contributed by atoms with Gasteiger partial charge in [0.05, 0.1) is 0 Å². The minimum atomic E-state index is -0.121. The Morgan fingerprint density at radius 1 is 0.483 bits per heavy atom. The van der Waals surface area contributed by atoms with Crippen molar-refractivity contribution in [2.24, 2.45) is 0 Å². The zero-order valence-electron chi connectivity index (χ0n) is 15.9. The summed E-state index contributed by atoms with van der Waals surface area (Å²) in [6, 6.07) is 35.6. The van der Waals surface area contributed by atoms with Crippen LogP contribution >= 0.6 is 31.9 Å². The number of fused-ring (bicyclic) bond motifs is 3. The molecular formula is C27H20Br2. The average molecular weight is 504 g/mol. The lowest BCUT2D eigenvalue weighted by molar-refractivity contribution is 0.512. The molecule has 1 aliphatic rings. The van der Waals surface area contributed by atoms with Gasteiger partial charge < -0.3 is 0 Å².